The van der Waals surface area contributed by atoms with Crippen molar-refractivity contribution < 1.29 is 0 Å². The maximum atomic E-state index is 3.49. The fourth-order valence-corrected chi connectivity index (χ4v) is 2.05. The fraction of sp³-hybridized carbons (Fsp3) is 1.00. The third kappa shape index (κ3) is 3.14. The van der Waals surface area contributed by atoms with Gasteiger partial charge in [-0.25, -0.2) is 0 Å². The second-order valence-corrected chi connectivity index (χ2v) is 5.10. The molecule has 1 rings (SSSR count). The minimum absolute atomic E-state index is 0.513. The molecule has 1 heterocycles. The molecule has 0 aromatic heterocycles. The summed E-state index contributed by atoms with van der Waals surface area (Å²) in [6.45, 7) is 9.58. The lowest BCUT2D eigenvalue weighted by Gasteiger charge is -2.32. The highest BCUT2D eigenvalue weighted by molar-refractivity contribution is 4.76. The Morgan fingerprint density at radius 2 is 1.75 bits per heavy atom. The quantitative estimate of drug-likeness (QED) is 0.588. The fourth-order valence-electron chi connectivity index (χ4n) is 2.05. The number of hydrogen-bond donors (Lipinski definition) is 1. The van der Waals surface area contributed by atoms with Crippen LogP contribution in [0.3, 0.4) is 0 Å². The SMILES string of the molecule is CC(C)(C)C1CCCCNCC1. The van der Waals surface area contributed by atoms with Crippen LogP contribution in [0.4, 0.5) is 0 Å². The second-order valence-electron chi connectivity index (χ2n) is 5.10. The van der Waals surface area contributed by atoms with E-state index in [1.807, 2.05) is 0 Å². The molecule has 1 aliphatic rings. The minimum Gasteiger partial charge on any atom is -0.317 e. The van der Waals surface area contributed by atoms with Crippen LogP contribution in [0.1, 0.15) is 46.5 Å². The van der Waals surface area contributed by atoms with E-state index < -0.39 is 0 Å². The smallest absolute Gasteiger partial charge is 0.00461 e. The largest absolute Gasteiger partial charge is 0.317 e. The van der Waals surface area contributed by atoms with E-state index in [4.69, 9.17) is 0 Å². The lowest BCUT2D eigenvalue weighted by Crippen LogP contribution is -2.28. The molecule has 0 aromatic rings. The van der Waals surface area contributed by atoms with E-state index in [0.717, 1.165) is 5.92 Å². The average molecular weight is 169 g/mol. The predicted octanol–water partition coefficient (Wildman–Crippen LogP) is 2.81. The molecule has 0 radical (unpaired) electrons. The van der Waals surface area contributed by atoms with Gasteiger partial charge in [0.15, 0.2) is 0 Å². The maximum Gasteiger partial charge on any atom is -0.00461 e. The summed E-state index contributed by atoms with van der Waals surface area (Å²) in [4.78, 5) is 0. The Morgan fingerprint density at radius 3 is 2.42 bits per heavy atom. The van der Waals surface area contributed by atoms with Crippen LogP contribution >= 0.6 is 0 Å². The van der Waals surface area contributed by atoms with Gasteiger partial charge in [0.1, 0.15) is 0 Å². The summed E-state index contributed by atoms with van der Waals surface area (Å²) in [5.74, 6) is 0.922. The van der Waals surface area contributed by atoms with Crippen LogP contribution in [-0.2, 0) is 0 Å². The molecule has 1 saturated heterocycles. The predicted molar refractivity (Wildman–Crippen MR) is 54.3 cm³/mol. The molecule has 1 unspecified atom stereocenters. The van der Waals surface area contributed by atoms with E-state index >= 15 is 0 Å². The van der Waals surface area contributed by atoms with Gasteiger partial charge in [0.2, 0.25) is 0 Å². The molecule has 1 fully saturated rings. The first-order chi connectivity index (χ1) is 5.61. The summed E-state index contributed by atoms with van der Waals surface area (Å²) < 4.78 is 0. The number of hydrogen-bond acceptors (Lipinski definition) is 1. The molecule has 0 spiro atoms. The van der Waals surface area contributed by atoms with Crippen molar-refractivity contribution in [1.82, 2.24) is 5.32 Å². The van der Waals surface area contributed by atoms with Crippen LogP contribution in [0.15, 0.2) is 0 Å². The van der Waals surface area contributed by atoms with Crippen molar-refractivity contribution in [2.75, 3.05) is 13.1 Å². The normalized spacial score (nSPS) is 27.8. The van der Waals surface area contributed by atoms with Crippen LogP contribution in [0.2, 0.25) is 0 Å². The molecule has 12 heavy (non-hydrogen) atoms. The minimum atomic E-state index is 0.513. The molecule has 1 N–H and O–H groups in total. The highest BCUT2D eigenvalue weighted by Gasteiger charge is 2.24. The van der Waals surface area contributed by atoms with Gasteiger partial charge in [-0.1, -0.05) is 27.2 Å². The van der Waals surface area contributed by atoms with Gasteiger partial charge in [-0.05, 0) is 43.7 Å². The van der Waals surface area contributed by atoms with E-state index in [2.05, 4.69) is 26.1 Å². The van der Waals surface area contributed by atoms with Gasteiger partial charge in [0, 0.05) is 0 Å². The van der Waals surface area contributed by atoms with Gasteiger partial charge in [-0.3, -0.25) is 0 Å². The molecule has 0 aliphatic carbocycles. The van der Waals surface area contributed by atoms with Crippen LogP contribution in [0.25, 0.3) is 0 Å². The van der Waals surface area contributed by atoms with Crippen molar-refractivity contribution in [1.29, 1.82) is 0 Å². The zero-order valence-electron chi connectivity index (χ0n) is 8.82. The van der Waals surface area contributed by atoms with Crippen LogP contribution in [-0.4, -0.2) is 13.1 Å². The standard InChI is InChI=1S/C11H23N/c1-11(2,3)10-6-4-5-8-12-9-7-10/h10,12H,4-9H2,1-3H3. The van der Waals surface area contributed by atoms with Gasteiger partial charge in [-0.2, -0.15) is 0 Å². The molecule has 0 amide bonds. The maximum absolute atomic E-state index is 3.49. The number of rotatable bonds is 0. The summed E-state index contributed by atoms with van der Waals surface area (Å²) in [7, 11) is 0. The van der Waals surface area contributed by atoms with Gasteiger partial charge < -0.3 is 5.32 Å². The topological polar surface area (TPSA) is 12.0 Å². The Hall–Kier alpha value is -0.0400. The van der Waals surface area contributed by atoms with Crippen LogP contribution in [0, 0.1) is 11.3 Å². The van der Waals surface area contributed by atoms with Crippen molar-refractivity contribution in [3.63, 3.8) is 0 Å². The molecule has 0 aromatic carbocycles. The summed E-state index contributed by atoms with van der Waals surface area (Å²) in [6.07, 6.45) is 5.58. The van der Waals surface area contributed by atoms with Gasteiger partial charge in [-0.15, -0.1) is 0 Å². The second kappa shape index (κ2) is 4.27. The van der Waals surface area contributed by atoms with E-state index in [9.17, 15) is 0 Å². The van der Waals surface area contributed by atoms with Crippen molar-refractivity contribution in [2.24, 2.45) is 11.3 Å². The third-order valence-electron chi connectivity index (χ3n) is 3.05. The summed E-state index contributed by atoms with van der Waals surface area (Å²) in [5, 5.41) is 3.49. The first kappa shape index (κ1) is 10.0. The summed E-state index contributed by atoms with van der Waals surface area (Å²) in [6, 6.07) is 0. The zero-order chi connectivity index (χ0) is 9.03. The van der Waals surface area contributed by atoms with Crippen molar-refractivity contribution >= 4 is 0 Å². The Morgan fingerprint density at radius 1 is 1.00 bits per heavy atom. The van der Waals surface area contributed by atoms with Gasteiger partial charge >= 0.3 is 0 Å². The van der Waals surface area contributed by atoms with Crippen molar-refractivity contribution in [3.8, 4) is 0 Å². The highest BCUT2D eigenvalue weighted by Crippen LogP contribution is 2.32. The molecule has 0 saturated carbocycles. The van der Waals surface area contributed by atoms with E-state index in [1.54, 1.807) is 0 Å². The number of nitrogens with one attached hydrogen (secondary N) is 1. The molecule has 1 atom stereocenters. The Kier molecular flexibility index (Phi) is 3.57. The van der Waals surface area contributed by atoms with Crippen molar-refractivity contribution in [3.05, 3.63) is 0 Å². The molecular weight excluding hydrogens is 146 g/mol. The zero-order valence-corrected chi connectivity index (χ0v) is 8.82. The lowest BCUT2D eigenvalue weighted by molar-refractivity contribution is 0.198. The van der Waals surface area contributed by atoms with Crippen molar-refractivity contribution in [2.45, 2.75) is 46.5 Å². The monoisotopic (exact) mass is 169 g/mol. The summed E-state index contributed by atoms with van der Waals surface area (Å²) in [5.41, 5.74) is 0.513. The molecule has 1 nitrogen and oxygen atoms in total. The first-order valence-electron chi connectivity index (χ1n) is 5.31. The van der Waals surface area contributed by atoms with E-state index in [0.29, 0.717) is 5.41 Å². The van der Waals surface area contributed by atoms with Gasteiger partial charge in [0.05, 0.1) is 0 Å². The van der Waals surface area contributed by atoms with Crippen LogP contribution < -0.4 is 5.32 Å². The summed E-state index contributed by atoms with van der Waals surface area (Å²) >= 11 is 0. The first-order valence-corrected chi connectivity index (χ1v) is 5.31. The van der Waals surface area contributed by atoms with Crippen LogP contribution in [0.5, 0.6) is 0 Å². The van der Waals surface area contributed by atoms with E-state index in [1.165, 1.54) is 38.8 Å². The average Bonchev–Trinajstić information content (AvgIpc) is 1.81. The molecule has 1 aliphatic heterocycles. The third-order valence-corrected chi connectivity index (χ3v) is 3.05. The molecule has 0 bridgehead atoms. The highest BCUT2D eigenvalue weighted by atomic mass is 14.8. The Bertz CT molecular complexity index is 115. The van der Waals surface area contributed by atoms with E-state index in [-0.39, 0.29) is 0 Å². The van der Waals surface area contributed by atoms with Gasteiger partial charge in [0.25, 0.3) is 0 Å². The Labute approximate surface area is 76.9 Å². The molecule has 72 valence electrons. The molecule has 1 heteroatoms. The molecular formula is C11H23N. The Balaban J connectivity index is 2.40. The lowest BCUT2D eigenvalue weighted by atomic mass is 9.75.